The fraction of sp³-hybridized carbons (Fsp3) is 0.440. The number of aliphatic hydroxyl groups excluding tert-OH is 1. The van der Waals surface area contributed by atoms with E-state index in [4.69, 9.17) is 0 Å². The summed E-state index contributed by atoms with van der Waals surface area (Å²) in [6.07, 6.45) is 3.33. The normalized spacial score (nSPS) is 14.7. The zero-order chi connectivity index (χ0) is 21.3. The molecule has 3 rings (SSSR count). The Kier molecular flexibility index (Phi) is 8.17. The molecule has 1 aliphatic heterocycles. The van der Waals surface area contributed by atoms with Gasteiger partial charge in [-0.1, -0.05) is 42.5 Å². The van der Waals surface area contributed by atoms with Crippen LogP contribution in [0.5, 0.6) is 0 Å². The second-order valence-corrected chi connectivity index (χ2v) is 8.10. The monoisotopic (exact) mass is 408 g/mol. The predicted molar refractivity (Wildman–Crippen MR) is 118 cm³/mol. The van der Waals surface area contributed by atoms with Crippen molar-refractivity contribution in [3.8, 4) is 0 Å². The minimum Gasteiger partial charge on any atom is -0.392 e. The third-order valence-corrected chi connectivity index (χ3v) is 5.78. The SMILES string of the molecule is CNC(=O)CCCc1cccc(C(=O)CCC(O)CN2CCc3ccccc3C2)c1. The van der Waals surface area contributed by atoms with Crippen molar-refractivity contribution in [2.75, 3.05) is 20.1 Å². The molecule has 1 unspecified atom stereocenters. The number of fused-ring (bicyclic) bond motifs is 1. The summed E-state index contributed by atoms with van der Waals surface area (Å²) < 4.78 is 0. The average molecular weight is 409 g/mol. The summed E-state index contributed by atoms with van der Waals surface area (Å²) >= 11 is 0. The first-order valence-corrected chi connectivity index (χ1v) is 10.8. The number of β-amino-alcohol motifs (C(OH)–C–C–N with tert-alkyl or cyclic N) is 1. The summed E-state index contributed by atoms with van der Waals surface area (Å²) in [7, 11) is 1.64. The number of carbonyl (C=O) groups is 2. The fourth-order valence-electron chi connectivity index (χ4n) is 4.02. The molecule has 2 aromatic carbocycles. The molecule has 0 saturated carbocycles. The Balaban J connectivity index is 1.44. The highest BCUT2D eigenvalue weighted by molar-refractivity contribution is 5.96. The van der Waals surface area contributed by atoms with E-state index in [9.17, 15) is 14.7 Å². The maximum Gasteiger partial charge on any atom is 0.219 e. The lowest BCUT2D eigenvalue weighted by Gasteiger charge is -2.30. The van der Waals surface area contributed by atoms with E-state index in [1.54, 1.807) is 7.05 Å². The number of hydrogen-bond acceptors (Lipinski definition) is 4. The standard InChI is InChI=1S/C25H32N2O3/c1-26-25(30)11-5-7-19-6-4-10-21(16-19)24(29)13-12-23(28)18-27-15-14-20-8-2-3-9-22(20)17-27/h2-4,6,8-10,16,23,28H,5,7,11-15,17-18H2,1H3,(H,26,30). The highest BCUT2D eigenvalue weighted by Crippen LogP contribution is 2.19. The molecule has 5 nitrogen and oxygen atoms in total. The molecule has 30 heavy (non-hydrogen) atoms. The van der Waals surface area contributed by atoms with Gasteiger partial charge in [0.05, 0.1) is 6.10 Å². The Morgan fingerprint density at radius 1 is 1.10 bits per heavy atom. The van der Waals surface area contributed by atoms with Gasteiger partial charge in [0.2, 0.25) is 5.91 Å². The lowest BCUT2D eigenvalue weighted by molar-refractivity contribution is -0.120. The average Bonchev–Trinajstić information content (AvgIpc) is 2.77. The predicted octanol–water partition coefficient (Wildman–Crippen LogP) is 3.14. The van der Waals surface area contributed by atoms with Gasteiger partial charge in [0, 0.05) is 45.1 Å². The number of rotatable bonds is 10. The van der Waals surface area contributed by atoms with E-state index in [0.717, 1.165) is 37.9 Å². The van der Waals surface area contributed by atoms with Gasteiger partial charge >= 0.3 is 0 Å². The van der Waals surface area contributed by atoms with Crippen molar-refractivity contribution in [3.63, 3.8) is 0 Å². The third kappa shape index (κ3) is 6.51. The summed E-state index contributed by atoms with van der Waals surface area (Å²) in [5.74, 6) is 0.0969. The number of nitrogens with zero attached hydrogens (tertiary/aromatic N) is 1. The quantitative estimate of drug-likeness (QED) is 0.593. The minimum absolute atomic E-state index is 0.0356. The molecule has 0 aliphatic carbocycles. The van der Waals surface area contributed by atoms with Gasteiger partial charge in [0.25, 0.3) is 0 Å². The fourth-order valence-corrected chi connectivity index (χ4v) is 4.02. The number of nitrogens with one attached hydrogen (secondary N) is 1. The molecule has 1 amide bonds. The van der Waals surface area contributed by atoms with Crippen molar-refractivity contribution in [1.29, 1.82) is 0 Å². The van der Waals surface area contributed by atoms with Crippen LogP contribution in [0.25, 0.3) is 0 Å². The number of ketones is 1. The molecule has 0 radical (unpaired) electrons. The molecule has 5 heteroatoms. The Hall–Kier alpha value is -2.50. The molecule has 1 atom stereocenters. The zero-order valence-electron chi connectivity index (χ0n) is 17.8. The van der Waals surface area contributed by atoms with Crippen LogP contribution in [0, 0.1) is 0 Å². The van der Waals surface area contributed by atoms with Gasteiger partial charge < -0.3 is 10.4 Å². The molecule has 0 spiro atoms. The largest absolute Gasteiger partial charge is 0.392 e. The molecule has 1 heterocycles. The number of hydrogen-bond donors (Lipinski definition) is 2. The first kappa shape index (κ1) is 22.2. The van der Waals surface area contributed by atoms with Crippen LogP contribution in [-0.4, -0.2) is 47.9 Å². The summed E-state index contributed by atoms with van der Waals surface area (Å²) in [6, 6.07) is 16.1. The number of aryl methyl sites for hydroxylation is 1. The second-order valence-electron chi connectivity index (χ2n) is 8.10. The number of amides is 1. The Morgan fingerprint density at radius 3 is 2.70 bits per heavy atom. The van der Waals surface area contributed by atoms with E-state index in [0.29, 0.717) is 31.4 Å². The van der Waals surface area contributed by atoms with Crippen LogP contribution >= 0.6 is 0 Å². The lowest BCUT2D eigenvalue weighted by Crippen LogP contribution is -2.36. The van der Waals surface area contributed by atoms with Crippen molar-refractivity contribution < 1.29 is 14.7 Å². The molecule has 0 aromatic heterocycles. The number of benzene rings is 2. The van der Waals surface area contributed by atoms with Gasteiger partial charge in [-0.25, -0.2) is 0 Å². The van der Waals surface area contributed by atoms with Gasteiger partial charge in [-0.3, -0.25) is 14.5 Å². The van der Waals surface area contributed by atoms with Gasteiger partial charge in [0.1, 0.15) is 0 Å². The van der Waals surface area contributed by atoms with Gasteiger partial charge in [-0.2, -0.15) is 0 Å². The molecule has 2 aromatic rings. The van der Waals surface area contributed by atoms with E-state index in [1.807, 2.05) is 24.3 Å². The van der Waals surface area contributed by atoms with Crippen LogP contribution in [0.1, 0.15) is 52.7 Å². The molecule has 0 saturated heterocycles. The summed E-state index contributed by atoms with van der Waals surface area (Å²) in [4.78, 5) is 26.2. The van der Waals surface area contributed by atoms with Gasteiger partial charge in [-0.15, -0.1) is 0 Å². The molecular weight excluding hydrogens is 376 g/mol. The van der Waals surface area contributed by atoms with Crippen molar-refractivity contribution in [2.45, 2.75) is 51.2 Å². The van der Waals surface area contributed by atoms with Crippen LogP contribution in [0.4, 0.5) is 0 Å². The van der Waals surface area contributed by atoms with Crippen LogP contribution in [-0.2, 0) is 24.2 Å². The smallest absolute Gasteiger partial charge is 0.219 e. The summed E-state index contributed by atoms with van der Waals surface area (Å²) in [5, 5.41) is 13.1. The Labute approximate surface area is 179 Å². The van der Waals surface area contributed by atoms with E-state index < -0.39 is 6.10 Å². The Morgan fingerprint density at radius 2 is 1.90 bits per heavy atom. The van der Waals surface area contributed by atoms with E-state index in [1.165, 1.54) is 11.1 Å². The molecule has 2 N–H and O–H groups in total. The van der Waals surface area contributed by atoms with Crippen molar-refractivity contribution in [1.82, 2.24) is 10.2 Å². The molecule has 160 valence electrons. The summed E-state index contributed by atoms with van der Waals surface area (Å²) in [5.41, 5.74) is 4.48. The topological polar surface area (TPSA) is 69.6 Å². The van der Waals surface area contributed by atoms with Crippen LogP contribution in [0.15, 0.2) is 48.5 Å². The molecule has 1 aliphatic rings. The van der Waals surface area contributed by atoms with Gasteiger partial charge in [-0.05, 0) is 48.4 Å². The number of Topliss-reactive ketones (excluding diaryl/α,β-unsaturated/α-hetero) is 1. The second kappa shape index (κ2) is 11.0. The van der Waals surface area contributed by atoms with E-state index >= 15 is 0 Å². The molecular formula is C25H32N2O3. The summed E-state index contributed by atoms with van der Waals surface area (Å²) in [6.45, 7) is 2.40. The maximum atomic E-state index is 12.6. The highest BCUT2D eigenvalue weighted by Gasteiger charge is 2.19. The highest BCUT2D eigenvalue weighted by atomic mass is 16.3. The van der Waals surface area contributed by atoms with E-state index in [-0.39, 0.29) is 11.7 Å². The minimum atomic E-state index is -0.505. The van der Waals surface area contributed by atoms with Gasteiger partial charge in [0.15, 0.2) is 5.78 Å². The van der Waals surface area contributed by atoms with Crippen molar-refractivity contribution in [3.05, 3.63) is 70.8 Å². The molecule has 0 fully saturated rings. The Bertz CT molecular complexity index is 865. The maximum absolute atomic E-state index is 12.6. The van der Waals surface area contributed by atoms with Crippen LogP contribution in [0.2, 0.25) is 0 Å². The molecule has 0 bridgehead atoms. The first-order valence-electron chi connectivity index (χ1n) is 10.8. The van der Waals surface area contributed by atoms with Crippen molar-refractivity contribution >= 4 is 11.7 Å². The van der Waals surface area contributed by atoms with Crippen LogP contribution in [0.3, 0.4) is 0 Å². The van der Waals surface area contributed by atoms with Crippen LogP contribution < -0.4 is 5.32 Å². The van der Waals surface area contributed by atoms with Crippen molar-refractivity contribution in [2.24, 2.45) is 0 Å². The lowest BCUT2D eigenvalue weighted by atomic mass is 9.98. The first-order chi connectivity index (χ1) is 14.5. The zero-order valence-corrected chi connectivity index (χ0v) is 17.8. The third-order valence-electron chi connectivity index (χ3n) is 5.78. The van der Waals surface area contributed by atoms with E-state index in [2.05, 4.69) is 34.5 Å². The number of carbonyl (C=O) groups excluding carboxylic acids is 2. The number of aliphatic hydroxyl groups is 1.